The fourth-order valence-corrected chi connectivity index (χ4v) is 3.06. The summed E-state index contributed by atoms with van der Waals surface area (Å²) in [5.74, 6) is -0.420. The van der Waals surface area contributed by atoms with Crippen molar-refractivity contribution in [2.75, 3.05) is 27.4 Å². The van der Waals surface area contributed by atoms with Crippen molar-refractivity contribution in [2.24, 2.45) is 5.73 Å². The van der Waals surface area contributed by atoms with E-state index in [9.17, 15) is 9.59 Å². The molecule has 1 aliphatic rings. The molecule has 6 heteroatoms. The highest BCUT2D eigenvalue weighted by Gasteiger charge is 2.34. The highest BCUT2D eigenvalue weighted by molar-refractivity contribution is 5.94. The molecule has 0 bridgehead atoms. The summed E-state index contributed by atoms with van der Waals surface area (Å²) in [5.41, 5.74) is 6.66. The molecule has 1 heterocycles. The number of carbonyl (C=O) groups excluding carboxylic acids is 2. The van der Waals surface area contributed by atoms with Crippen LogP contribution < -0.4 is 5.73 Å². The van der Waals surface area contributed by atoms with Gasteiger partial charge in [0.1, 0.15) is 0 Å². The van der Waals surface area contributed by atoms with Crippen LogP contribution >= 0.6 is 0 Å². The summed E-state index contributed by atoms with van der Waals surface area (Å²) in [6.45, 7) is 1.09. The second kappa shape index (κ2) is 8.08. The zero-order valence-corrected chi connectivity index (χ0v) is 13.7. The number of carbonyl (C=O) groups is 2. The Labute approximate surface area is 136 Å². The van der Waals surface area contributed by atoms with Crippen molar-refractivity contribution < 1.29 is 19.1 Å². The summed E-state index contributed by atoms with van der Waals surface area (Å²) >= 11 is 0. The van der Waals surface area contributed by atoms with Crippen LogP contribution in [0.5, 0.6) is 0 Å². The Morgan fingerprint density at radius 2 is 2.04 bits per heavy atom. The van der Waals surface area contributed by atoms with Gasteiger partial charge in [-0.1, -0.05) is 18.2 Å². The molecule has 0 aliphatic carbocycles. The number of rotatable bonds is 7. The first-order valence-electron chi connectivity index (χ1n) is 7.75. The van der Waals surface area contributed by atoms with Crippen LogP contribution in [0.3, 0.4) is 0 Å². The van der Waals surface area contributed by atoms with Crippen molar-refractivity contribution in [2.45, 2.75) is 31.4 Å². The second-order valence-corrected chi connectivity index (χ2v) is 5.77. The number of ether oxygens (including phenoxy) is 2. The summed E-state index contributed by atoms with van der Waals surface area (Å²) in [4.78, 5) is 25.8. The number of primary amides is 1. The molecule has 1 fully saturated rings. The largest absolute Gasteiger partial charge is 0.383 e. The molecule has 2 N–H and O–H groups in total. The van der Waals surface area contributed by atoms with E-state index >= 15 is 0 Å². The normalized spacial score (nSPS) is 20.7. The van der Waals surface area contributed by atoms with Gasteiger partial charge in [-0.2, -0.15) is 0 Å². The summed E-state index contributed by atoms with van der Waals surface area (Å²) in [6.07, 6.45) is 1.66. The van der Waals surface area contributed by atoms with E-state index in [1.54, 1.807) is 26.4 Å². The van der Waals surface area contributed by atoms with E-state index in [-0.39, 0.29) is 18.1 Å². The van der Waals surface area contributed by atoms with Crippen LogP contribution in [-0.2, 0) is 20.7 Å². The van der Waals surface area contributed by atoms with Crippen LogP contribution in [0.4, 0.5) is 0 Å². The summed E-state index contributed by atoms with van der Waals surface area (Å²) in [5, 5.41) is 0. The highest BCUT2D eigenvalue weighted by Crippen LogP contribution is 2.22. The van der Waals surface area contributed by atoms with Gasteiger partial charge in [-0.25, -0.2) is 0 Å². The smallest absolute Gasteiger partial charge is 0.248 e. The Balaban J connectivity index is 2.00. The van der Waals surface area contributed by atoms with Gasteiger partial charge in [0, 0.05) is 32.7 Å². The average Bonchev–Trinajstić information content (AvgIpc) is 2.96. The molecule has 1 aromatic rings. The monoisotopic (exact) mass is 320 g/mol. The molecular weight excluding hydrogens is 296 g/mol. The number of nitrogens with zero attached hydrogens (tertiary/aromatic N) is 1. The van der Waals surface area contributed by atoms with E-state index in [0.29, 0.717) is 31.6 Å². The van der Waals surface area contributed by atoms with Crippen molar-refractivity contribution in [3.63, 3.8) is 0 Å². The van der Waals surface area contributed by atoms with Gasteiger partial charge in [-0.3, -0.25) is 9.59 Å². The highest BCUT2D eigenvalue weighted by atomic mass is 16.5. The van der Waals surface area contributed by atoms with E-state index in [0.717, 1.165) is 12.0 Å². The number of hydrogen-bond acceptors (Lipinski definition) is 4. The van der Waals surface area contributed by atoms with Crippen molar-refractivity contribution in [1.29, 1.82) is 0 Å². The minimum Gasteiger partial charge on any atom is -0.383 e. The SMILES string of the molecule is COC[C@@H]1C[C@H](OC)CN1C(=O)CCc1ccccc1C(N)=O. The van der Waals surface area contributed by atoms with Gasteiger partial charge in [-0.05, 0) is 24.5 Å². The number of hydrogen-bond donors (Lipinski definition) is 1. The standard InChI is InChI=1S/C17H24N2O4/c1-22-11-13-9-14(23-2)10-19(13)16(20)8-7-12-5-3-4-6-15(12)17(18)21/h3-6,13-14H,7-11H2,1-2H3,(H2,18,21)/t13-,14-/m0/s1. The molecule has 1 saturated heterocycles. The fraction of sp³-hybridized carbons (Fsp3) is 0.529. The number of nitrogens with two attached hydrogens (primary N) is 1. The van der Waals surface area contributed by atoms with Gasteiger partial charge < -0.3 is 20.1 Å². The Morgan fingerprint density at radius 1 is 1.30 bits per heavy atom. The van der Waals surface area contributed by atoms with Crippen LogP contribution in [0.2, 0.25) is 0 Å². The maximum absolute atomic E-state index is 12.5. The first-order chi connectivity index (χ1) is 11.1. The Morgan fingerprint density at radius 3 is 2.70 bits per heavy atom. The summed E-state index contributed by atoms with van der Waals surface area (Å²) < 4.78 is 10.6. The minimum atomic E-state index is -0.467. The third-order valence-electron chi connectivity index (χ3n) is 4.28. The van der Waals surface area contributed by atoms with E-state index in [2.05, 4.69) is 0 Å². The molecule has 1 aliphatic heterocycles. The van der Waals surface area contributed by atoms with Gasteiger partial charge in [0.2, 0.25) is 11.8 Å². The topological polar surface area (TPSA) is 81.9 Å². The van der Waals surface area contributed by atoms with E-state index in [1.165, 1.54) is 0 Å². The lowest BCUT2D eigenvalue weighted by Crippen LogP contribution is -2.38. The van der Waals surface area contributed by atoms with Gasteiger partial charge in [0.15, 0.2) is 0 Å². The molecule has 2 amide bonds. The van der Waals surface area contributed by atoms with Crippen LogP contribution in [0.25, 0.3) is 0 Å². The number of amides is 2. The third kappa shape index (κ3) is 4.30. The van der Waals surface area contributed by atoms with Crippen LogP contribution in [0.15, 0.2) is 24.3 Å². The van der Waals surface area contributed by atoms with E-state index < -0.39 is 5.91 Å². The maximum Gasteiger partial charge on any atom is 0.248 e. The van der Waals surface area contributed by atoms with E-state index in [4.69, 9.17) is 15.2 Å². The molecule has 6 nitrogen and oxygen atoms in total. The molecule has 0 radical (unpaired) electrons. The molecular formula is C17H24N2O4. The number of methoxy groups -OCH3 is 2. The van der Waals surface area contributed by atoms with Gasteiger partial charge in [0.05, 0.1) is 18.8 Å². The van der Waals surface area contributed by atoms with Crippen LogP contribution in [0.1, 0.15) is 28.8 Å². The number of aryl methyl sites for hydroxylation is 1. The van der Waals surface area contributed by atoms with Crippen LogP contribution in [-0.4, -0.2) is 56.2 Å². The Hall–Kier alpha value is -1.92. The van der Waals surface area contributed by atoms with Crippen molar-refractivity contribution in [1.82, 2.24) is 4.90 Å². The average molecular weight is 320 g/mol. The molecule has 0 unspecified atom stereocenters. The predicted molar refractivity (Wildman–Crippen MR) is 86.1 cm³/mol. The van der Waals surface area contributed by atoms with Crippen molar-refractivity contribution in [3.05, 3.63) is 35.4 Å². The van der Waals surface area contributed by atoms with Gasteiger partial charge >= 0.3 is 0 Å². The van der Waals surface area contributed by atoms with Crippen LogP contribution in [0, 0.1) is 0 Å². The van der Waals surface area contributed by atoms with Crippen molar-refractivity contribution >= 4 is 11.8 Å². The lowest BCUT2D eigenvalue weighted by molar-refractivity contribution is -0.133. The first-order valence-corrected chi connectivity index (χ1v) is 7.75. The minimum absolute atomic E-state index is 0.0452. The molecule has 2 atom stereocenters. The lowest BCUT2D eigenvalue weighted by Gasteiger charge is -2.24. The van der Waals surface area contributed by atoms with E-state index in [1.807, 2.05) is 17.0 Å². The summed E-state index contributed by atoms with van der Waals surface area (Å²) in [6, 6.07) is 7.18. The molecule has 2 rings (SSSR count). The lowest BCUT2D eigenvalue weighted by atomic mass is 10.0. The summed E-state index contributed by atoms with van der Waals surface area (Å²) in [7, 11) is 3.29. The Kier molecular flexibility index (Phi) is 6.12. The van der Waals surface area contributed by atoms with Gasteiger partial charge in [0.25, 0.3) is 0 Å². The zero-order valence-electron chi connectivity index (χ0n) is 13.7. The number of likely N-dealkylation sites (tertiary alicyclic amines) is 1. The molecule has 0 saturated carbocycles. The predicted octanol–water partition coefficient (Wildman–Crippen LogP) is 0.980. The maximum atomic E-state index is 12.5. The molecule has 1 aromatic carbocycles. The van der Waals surface area contributed by atoms with Crippen molar-refractivity contribution in [3.8, 4) is 0 Å². The van der Waals surface area contributed by atoms with Gasteiger partial charge in [-0.15, -0.1) is 0 Å². The zero-order chi connectivity index (χ0) is 16.8. The molecule has 23 heavy (non-hydrogen) atoms. The fourth-order valence-electron chi connectivity index (χ4n) is 3.06. The molecule has 126 valence electrons. The third-order valence-corrected chi connectivity index (χ3v) is 4.28. The molecule has 0 aromatic heterocycles. The second-order valence-electron chi connectivity index (χ2n) is 5.77. The number of benzene rings is 1. The Bertz CT molecular complexity index is 561. The molecule has 0 spiro atoms. The quantitative estimate of drug-likeness (QED) is 0.812. The first kappa shape index (κ1) is 17.4.